The minimum atomic E-state index is -0.395. The van der Waals surface area contributed by atoms with Crippen LogP contribution in [-0.2, 0) is 0 Å². The van der Waals surface area contributed by atoms with Crippen molar-refractivity contribution in [3.63, 3.8) is 0 Å². The molecule has 1 amide bonds. The molecule has 6 heteroatoms. The number of hydrogen-bond donors (Lipinski definition) is 0. The van der Waals surface area contributed by atoms with Crippen LogP contribution in [0.1, 0.15) is 40.5 Å². The third-order valence-corrected chi connectivity index (χ3v) is 5.09. The number of hydrogen-bond acceptors (Lipinski definition) is 2. The number of benzene rings is 2. The predicted octanol–water partition coefficient (Wildman–Crippen LogP) is 4.44. The first-order chi connectivity index (χ1) is 13.1. The number of nitrogens with zero attached hydrogens (tertiary/aromatic N) is 3. The van der Waals surface area contributed by atoms with Gasteiger partial charge in [-0.1, -0.05) is 24.3 Å². The third-order valence-electron chi connectivity index (χ3n) is 5.09. The molecule has 1 aliphatic rings. The molecular weight excluding hydrogens is 348 g/mol. The standard InChI is InChI=1S/C21H19F2N3O/c1-14-17(13-24-26(14)20-6-3-2-5-18(20)23)21(27)25-12-4-7-19(25)15-8-10-16(22)11-9-15/h2-3,5-6,8-11,13,19H,4,7,12H2,1H3. The van der Waals surface area contributed by atoms with Gasteiger partial charge in [0.25, 0.3) is 5.91 Å². The average molecular weight is 367 g/mol. The highest BCUT2D eigenvalue weighted by Crippen LogP contribution is 2.33. The highest BCUT2D eigenvalue weighted by molar-refractivity contribution is 5.95. The van der Waals surface area contributed by atoms with E-state index in [9.17, 15) is 13.6 Å². The number of carbonyl (C=O) groups is 1. The Hall–Kier alpha value is -3.02. The molecule has 0 N–H and O–H groups in total. The molecule has 2 heterocycles. The molecular formula is C21H19F2N3O. The highest BCUT2D eigenvalue weighted by Gasteiger charge is 2.32. The fourth-order valence-corrected chi connectivity index (χ4v) is 3.68. The lowest BCUT2D eigenvalue weighted by Gasteiger charge is -2.25. The van der Waals surface area contributed by atoms with Gasteiger partial charge in [-0.25, -0.2) is 13.5 Å². The molecule has 2 aromatic carbocycles. The molecule has 1 aromatic heterocycles. The van der Waals surface area contributed by atoms with Crippen LogP contribution < -0.4 is 0 Å². The number of halogens is 2. The molecule has 4 rings (SSSR count). The van der Waals surface area contributed by atoms with Gasteiger partial charge in [0.05, 0.1) is 23.5 Å². The van der Waals surface area contributed by atoms with Gasteiger partial charge in [-0.2, -0.15) is 5.10 Å². The molecule has 1 saturated heterocycles. The Bertz CT molecular complexity index is 981. The molecule has 27 heavy (non-hydrogen) atoms. The van der Waals surface area contributed by atoms with Crippen LogP contribution in [0.4, 0.5) is 8.78 Å². The summed E-state index contributed by atoms with van der Waals surface area (Å²) in [6.45, 7) is 2.39. The maximum absolute atomic E-state index is 14.1. The Morgan fingerprint density at radius 3 is 2.59 bits per heavy atom. The van der Waals surface area contributed by atoms with Crippen molar-refractivity contribution in [1.82, 2.24) is 14.7 Å². The first-order valence-corrected chi connectivity index (χ1v) is 8.92. The van der Waals surface area contributed by atoms with Gasteiger partial charge in [-0.05, 0) is 49.6 Å². The number of likely N-dealkylation sites (tertiary alicyclic amines) is 1. The Labute approximate surface area is 156 Å². The largest absolute Gasteiger partial charge is 0.331 e. The topological polar surface area (TPSA) is 38.1 Å². The Balaban J connectivity index is 1.65. The van der Waals surface area contributed by atoms with Crippen molar-refractivity contribution in [3.05, 3.63) is 83.2 Å². The summed E-state index contributed by atoms with van der Waals surface area (Å²) in [4.78, 5) is 14.9. The molecule has 138 valence electrons. The number of aromatic nitrogens is 2. The van der Waals surface area contributed by atoms with Crippen molar-refractivity contribution in [2.45, 2.75) is 25.8 Å². The van der Waals surface area contributed by atoms with E-state index in [2.05, 4.69) is 5.10 Å². The summed E-state index contributed by atoms with van der Waals surface area (Å²) in [5.74, 6) is -0.827. The first kappa shape index (κ1) is 17.4. The van der Waals surface area contributed by atoms with Crippen molar-refractivity contribution in [2.24, 2.45) is 0 Å². The molecule has 0 spiro atoms. The SMILES string of the molecule is Cc1c(C(=O)N2CCCC2c2ccc(F)cc2)cnn1-c1ccccc1F. The number of para-hydroxylation sites is 1. The minimum Gasteiger partial charge on any atom is -0.331 e. The van der Waals surface area contributed by atoms with Gasteiger partial charge in [0.2, 0.25) is 0 Å². The average Bonchev–Trinajstić information content (AvgIpc) is 3.29. The van der Waals surface area contributed by atoms with Gasteiger partial charge >= 0.3 is 0 Å². The van der Waals surface area contributed by atoms with E-state index < -0.39 is 5.82 Å². The summed E-state index contributed by atoms with van der Waals surface area (Å²) >= 11 is 0. The summed E-state index contributed by atoms with van der Waals surface area (Å²) in [7, 11) is 0. The fourth-order valence-electron chi connectivity index (χ4n) is 3.68. The van der Waals surface area contributed by atoms with E-state index in [4.69, 9.17) is 0 Å². The van der Waals surface area contributed by atoms with Crippen LogP contribution in [-0.4, -0.2) is 27.1 Å². The zero-order valence-corrected chi connectivity index (χ0v) is 14.9. The quantitative estimate of drug-likeness (QED) is 0.687. The highest BCUT2D eigenvalue weighted by atomic mass is 19.1. The molecule has 1 atom stereocenters. The van der Waals surface area contributed by atoms with Crippen molar-refractivity contribution in [3.8, 4) is 5.69 Å². The molecule has 0 bridgehead atoms. The summed E-state index contributed by atoms with van der Waals surface area (Å²) < 4.78 is 28.8. The Morgan fingerprint density at radius 1 is 1.11 bits per heavy atom. The molecule has 0 saturated carbocycles. The van der Waals surface area contributed by atoms with Gasteiger partial charge in [0.1, 0.15) is 17.3 Å². The summed E-state index contributed by atoms with van der Waals surface area (Å²) in [5, 5.41) is 4.23. The van der Waals surface area contributed by atoms with Gasteiger partial charge in [0.15, 0.2) is 0 Å². The molecule has 0 radical (unpaired) electrons. The zero-order chi connectivity index (χ0) is 19.0. The monoisotopic (exact) mass is 367 g/mol. The van der Waals surface area contributed by atoms with Gasteiger partial charge < -0.3 is 4.90 Å². The molecule has 1 fully saturated rings. The number of amides is 1. The van der Waals surface area contributed by atoms with Gasteiger partial charge in [-0.15, -0.1) is 0 Å². The zero-order valence-electron chi connectivity index (χ0n) is 14.9. The lowest BCUT2D eigenvalue weighted by Crippen LogP contribution is -2.30. The molecule has 3 aromatic rings. The Kier molecular flexibility index (Phi) is 4.48. The van der Waals surface area contributed by atoms with Crippen LogP contribution in [0.5, 0.6) is 0 Å². The first-order valence-electron chi connectivity index (χ1n) is 8.92. The maximum atomic E-state index is 14.1. The van der Waals surface area contributed by atoms with E-state index in [1.165, 1.54) is 29.1 Å². The summed E-state index contributed by atoms with van der Waals surface area (Å²) in [6, 6.07) is 12.5. The summed E-state index contributed by atoms with van der Waals surface area (Å²) in [6.07, 6.45) is 3.20. The van der Waals surface area contributed by atoms with Crippen LogP contribution in [0, 0.1) is 18.6 Å². The Morgan fingerprint density at radius 2 is 1.85 bits per heavy atom. The lowest BCUT2D eigenvalue weighted by atomic mass is 10.0. The molecule has 1 aliphatic heterocycles. The van der Waals surface area contributed by atoms with Crippen molar-refractivity contribution < 1.29 is 13.6 Å². The second kappa shape index (κ2) is 6.95. The van der Waals surface area contributed by atoms with E-state index >= 15 is 0 Å². The smallest absolute Gasteiger partial charge is 0.257 e. The van der Waals surface area contributed by atoms with Crippen molar-refractivity contribution in [2.75, 3.05) is 6.54 Å². The van der Waals surface area contributed by atoms with Crippen LogP contribution >= 0.6 is 0 Å². The van der Waals surface area contributed by atoms with Crippen molar-refractivity contribution in [1.29, 1.82) is 0 Å². The van der Waals surface area contributed by atoms with Crippen LogP contribution in [0.25, 0.3) is 5.69 Å². The van der Waals surface area contributed by atoms with E-state index in [1.807, 2.05) is 0 Å². The van der Waals surface area contributed by atoms with Gasteiger partial charge in [0, 0.05) is 6.54 Å². The minimum absolute atomic E-state index is 0.0886. The van der Waals surface area contributed by atoms with E-state index in [1.54, 1.807) is 42.2 Å². The van der Waals surface area contributed by atoms with E-state index in [0.29, 0.717) is 23.5 Å². The maximum Gasteiger partial charge on any atom is 0.257 e. The van der Waals surface area contributed by atoms with Crippen LogP contribution in [0.3, 0.4) is 0 Å². The summed E-state index contributed by atoms with van der Waals surface area (Å²) in [5.41, 5.74) is 2.27. The normalized spacial score (nSPS) is 16.7. The molecule has 4 nitrogen and oxygen atoms in total. The molecule has 0 aliphatic carbocycles. The molecule has 1 unspecified atom stereocenters. The van der Waals surface area contributed by atoms with Gasteiger partial charge in [-0.3, -0.25) is 4.79 Å². The van der Waals surface area contributed by atoms with Crippen LogP contribution in [0.2, 0.25) is 0 Å². The van der Waals surface area contributed by atoms with E-state index in [-0.39, 0.29) is 17.8 Å². The third kappa shape index (κ3) is 3.12. The van der Waals surface area contributed by atoms with Crippen molar-refractivity contribution >= 4 is 5.91 Å². The van der Waals surface area contributed by atoms with Crippen LogP contribution in [0.15, 0.2) is 54.7 Å². The predicted molar refractivity (Wildman–Crippen MR) is 97.7 cm³/mol. The second-order valence-electron chi connectivity index (χ2n) is 6.71. The fraction of sp³-hybridized carbons (Fsp3) is 0.238. The number of carbonyl (C=O) groups excluding carboxylic acids is 1. The van der Waals surface area contributed by atoms with E-state index in [0.717, 1.165) is 18.4 Å². The number of rotatable bonds is 3. The second-order valence-corrected chi connectivity index (χ2v) is 6.71. The lowest BCUT2D eigenvalue weighted by molar-refractivity contribution is 0.0735.